The second-order valence-corrected chi connectivity index (χ2v) is 7.30. The van der Waals surface area contributed by atoms with Gasteiger partial charge >= 0.3 is 5.69 Å². The Morgan fingerprint density at radius 3 is 2.65 bits per heavy atom. The molecule has 1 atom stereocenters. The molecule has 1 aromatic carbocycles. The maximum absolute atomic E-state index is 12.7. The summed E-state index contributed by atoms with van der Waals surface area (Å²) < 4.78 is 3.37. The number of hydrogen-bond acceptors (Lipinski definition) is 4. The second kappa shape index (κ2) is 7.25. The fourth-order valence-corrected chi connectivity index (χ4v) is 4.26. The monoisotopic (exact) mass is 357 g/mol. The number of benzene rings is 1. The van der Waals surface area contributed by atoms with E-state index in [1.54, 1.807) is 16.2 Å². The van der Waals surface area contributed by atoms with Crippen molar-refractivity contribution in [2.45, 2.75) is 25.4 Å². The van der Waals surface area contributed by atoms with Gasteiger partial charge in [0.25, 0.3) is 0 Å². The molecular weight excluding hydrogens is 330 g/mol. The summed E-state index contributed by atoms with van der Waals surface area (Å²) in [6.07, 6.45) is 1.43. The van der Waals surface area contributed by atoms with E-state index in [-0.39, 0.29) is 11.6 Å². The SMILES string of the molecule is Cn1c(=O)n(CCC(=O)N2CCC(N3CCNCC3)C2)c2ccccc21. The molecule has 7 heteroatoms. The Hall–Kier alpha value is -2.12. The summed E-state index contributed by atoms with van der Waals surface area (Å²) in [5.74, 6) is 0.155. The summed E-state index contributed by atoms with van der Waals surface area (Å²) in [6.45, 7) is 6.30. The van der Waals surface area contributed by atoms with E-state index in [9.17, 15) is 9.59 Å². The molecule has 2 fully saturated rings. The van der Waals surface area contributed by atoms with Crippen LogP contribution in [0.3, 0.4) is 0 Å². The van der Waals surface area contributed by atoms with Gasteiger partial charge in [-0.15, -0.1) is 0 Å². The minimum atomic E-state index is -0.0564. The first-order valence-electron chi connectivity index (χ1n) is 9.52. The van der Waals surface area contributed by atoms with Crippen LogP contribution in [0.5, 0.6) is 0 Å². The van der Waals surface area contributed by atoms with E-state index in [0.29, 0.717) is 19.0 Å². The molecule has 1 aromatic heterocycles. The third-order valence-electron chi connectivity index (χ3n) is 5.79. The predicted octanol–water partition coefficient (Wildman–Crippen LogP) is 0.236. The van der Waals surface area contributed by atoms with E-state index in [2.05, 4.69) is 10.2 Å². The van der Waals surface area contributed by atoms with Gasteiger partial charge in [0, 0.05) is 65.3 Å². The Morgan fingerprint density at radius 1 is 1.15 bits per heavy atom. The van der Waals surface area contributed by atoms with Crippen LogP contribution in [0, 0.1) is 0 Å². The van der Waals surface area contributed by atoms with Gasteiger partial charge in [-0.25, -0.2) is 4.79 Å². The number of nitrogens with one attached hydrogen (secondary N) is 1. The van der Waals surface area contributed by atoms with Gasteiger partial charge in [0.2, 0.25) is 5.91 Å². The van der Waals surface area contributed by atoms with Gasteiger partial charge in [-0.3, -0.25) is 18.8 Å². The summed E-state index contributed by atoms with van der Waals surface area (Å²) in [6, 6.07) is 8.22. The number of aryl methyl sites for hydroxylation is 2. The predicted molar refractivity (Wildman–Crippen MR) is 101 cm³/mol. The Kier molecular flexibility index (Phi) is 4.82. The summed E-state index contributed by atoms with van der Waals surface area (Å²) in [7, 11) is 1.78. The molecule has 1 unspecified atom stereocenters. The normalized spacial score (nSPS) is 21.6. The minimum absolute atomic E-state index is 0.0564. The van der Waals surface area contributed by atoms with Crippen molar-refractivity contribution >= 4 is 16.9 Å². The number of fused-ring (bicyclic) bond motifs is 1. The van der Waals surface area contributed by atoms with Gasteiger partial charge in [0.15, 0.2) is 0 Å². The zero-order chi connectivity index (χ0) is 18.1. The molecule has 26 heavy (non-hydrogen) atoms. The number of carbonyl (C=O) groups excluding carboxylic acids is 1. The molecule has 0 saturated carbocycles. The zero-order valence-corrected chi connectivity index (χ0v) is 15.4. The first-order chi connectivity index (χ1) is 12.6. The summed E-state index contributed by atoms with van der Waals surface area (Å²) in [4.78, 5) is 29.6. The first-order valence-corrected chi connectivity index (χ1v) is 9.52. The highest BCUT2D eigenvalue weighted by Gasteiger charge is 2.30. The molecule has 0 bridgehead atoms. The topological polar surface area (TPSA) is 62.5 Å². The highest BCUT2D eigenvalue weighted by molar-refractivity contribution is 5.78. The van der Waals surface area contributed by atoms with E-state index in [1.807, 2.05) is 29.2 Å². The maximum atomic E-state index is 12.7. The lowest BCUT2D eigenvalue weighted by Crippen LogP contribution is -2.49. The number of nitrogens with zero attached hydrogens (tertiary/aromatic N) is 4. The fourth-order valence-electron chi connectivity index (χ4n) is 4.26. The molecule has 0 radical (unpaired) electrons. The summed E-state index contributed by atoms with van der Waals surface area (Å²) in [5.41, 5.74) is 1.75. The van der Waals surface area contributed by atoms with Crippen LogP contribution in [-0.4, -0.2) is 70.2 Å². The Bertz CT molecular complexity index is 849. The number of para-hydroxylation sites is 2. The van der Waals surface area contributed by atoms with Gasteiger partial charge in [0.1, 0.15) is 0 Å². The Balaban J connectivity index is 1.39. The van der Waals surface area contributed by atoms with Crippen molar-refractivity contribution in [3.63, 3.8) is 0 Å². The molecule has 2 aliphatic rings. The van der Waals surface area contributed by atoms with Gasteiger partial charge in [-0.1, -0.05) is 12.1 Å². The van der Waals surface area contributed by atoms with Crippen molar-refractivity contribution in [1.29, 1.82) is 0 Å². The maximum Gasteiger partial charge on any atom is 0.328 e. The highest BCUT2D eigenvalue weighted by atomic mass is 16.2. The number of carbonyl (C=O) groups is 1. The standard InChI is InChI=1S/C19H27N5O2/c1-21-16-4-2-3-5-17(16)24(19(21)26)11-7-18(25)23-10-6-15(14-23)22-12-8-20-9-13-22/h2-5,15,20H,6-14H2,1H3. The number of hydrogen-bond donors (Lipinski definition) is 1. The average Bonchev–Trinajstić information content (AvgIpc) is 3.26. The van der Waals surface area contributed by atoms with Crippen molar-refractivity contribution in [2.24, 2.45) is 7.05 Å². The van der Waals surface area contributed by atoms with Gasteiger partial charge < -0.3 is 10.2 Å². The summed E-state index contributed by atoms with van der Waals surface area (Å²) >= 11 is 0. The van der Waals surface area contributed by atoms with Crippen molar-refractivity contribution in [3.8, 4) is 0 Å². The summed E-state index contributed by atoms with van der Waals surface area (Å²) in [5, 5.41) is 3.38. The molecule has 3 heterocycles. The molecule has 1 N–H and O–H groups in total. The van der Waals surface area contributed by atoms with Crippen molar-refractivity contribution in [1.82, 2.24) is 24.3 Å². The molecule has 1 amide bonds. The number of amides is 1. The molecule has 0 aliphatic carbocycles. The van der Waals surface area contributed by atoms with Crippen LogP contribution in [-0.2, 0) is 18.4 Å². The van der Waals surface area contributed by atoms with E-state index < -0.39 is 0 Å². The van der Waals surface area contributed by atoms with Crippen molar-refractivity contribution < 1.29 is 4.79 Å². The fraction of sp³-hybridized carbons (Fsp3) is 0.579. The Morgan fingerprint density at radius 2 is 1.88 bits per heavy atom. The number of imidazole rings is 1. The van der Waals surface area contributed by atoms with Gasteiger partial charge in [0.05, 0.1) is 11.0 Å². The smallest absolute Gasteiger partial charge is 0.328 e. The van der Waals surface area contributed by atoms with Crippen LogP contribution in [0.4, 0.5) is 0 Å². The molecule has 2 saturated heterocycles. The van der Waals surface area contributed by atoms with Crippen LogP contribution < -0.4 is 11.0 Å². The van der Waals surface area contributed by atoms with Crippen molar-refractivity contribution in [2.75, 3.05) is 39.3 Å². The van der Waals surface area contributed by atoms with Crippen LogP contribution in [0.25, 0.3) is 11.0 Å². The van der Waals surface area contributed by atoms with E-state index >= 15 is 0 Å². The van der Waals surface area contributed by atoms with E-state index in [0.717, 1.165) is 56.7 Å². The molecule has 0 spiro atoms. The van der Waals surface area contributed by atoms with E-state index in [1.165, 1.54) is 0 Å². The lowest BCUT2D eigenvalue weighted by Gasteiger charge is -2.32. The van der Waals surface area contributed by atoms with Crippen LogP contribution in [0.15, 0.2) is 29.1 Å². The van der Waals surface area contributed by atoms with Crippen LogP contribution >= 0.6 is 0 Å². The molecule has 4 rings (SSSR count). The second-order valence-electron chi connectivity index (χ2n) is 7.30. The quantitative estimate of drug-likeness (QED) is 0.851. The molecule has 2 aromatic rings. The Labute approximate surface area is 153 Å². The highest BCUT2D eigenvalue weighted by Crippen LogP contribution is 2.18. The third kappa shape index (κ3) is 3.17. The number of rotatable bonds is 4. The lowest BCUT2D eigenvalue weighted by molar-refractivity contribution is -0.130. The van der Waals surface area contributed by atoms with E-state index in [4.69, 9.17) is 0 Å². The first kappa shape index (κ1) is 17.3. The minimum Gasteiger partial charge on any atom is -0.341 e. The third-order valence-corrected chi connectivity index (χ3v) is 5.79. The van der Waals surface area contributed by atoms with Crippen LogP contribution in [0.1, 0.15) is 12.8 Å². The van der Waals surface area contributed by atoms with Gasteiger partial charge in [-0.2, -0.15) is 0 Å². The van der Waals surface area contributed by atoms with Gasteiger partial charge in [-0.05, 0) is 18.6 Å². The number of likely N-dealkylation sites (tertiary alicyclic amines) is 1. The number of aromatic nitrogens is 2. The molecule has 140 valence electrons. The lowest BCUT2D eigenvalue weighted by atomic mass is 10.2. The van der Waals surface area contributed by atoms with Crippen molar-refractivity contribution in [3.05, 3.63) is 34.7 Å². The molecule has 2 aliphatic heterocycles. The molecular formula is C19H27N5O2. The zero-order valence-electron chi connectivity index (χ0n) is 15.4. The molecule has 7 nitrogen and oxygen atoms in total. The number of piperazine rings is 1. The largest absolute Gasteiger partial charge is 0.341 e. The van der Waals surface area contributed by atoms with Crippen LogP contribution in [0.2, 0.25) is 0 Å². The average molecular weight is 357 g/mol.